The Kier molecular flexibility index (Phi) is 5.32. The second-order valence-electron chi connectivity index (χ2n) is 8.33. The molecule has 2 saturated heterocycles. The number of halogens is 1. The molecule has 0 amide bonds. The molecule has 1 atom stereocenters. The molecule has 0 spiro atoms. The van der Waals surface area contributed by atoms with Gasteiger partial charge in [-0.25, -0.2) is 9.37 Å². The zero-order chi connectivity index (χ0) is 19.1. The van der Waals surface area contributed by atoms with Gasteiger partial charge < -0.3 is 23.8 Å². The number of likely N-dealkylation sites (N-methyl/N-ethyl adjacent to an activating group) is 1. The molecule has 0 bridgehead atoms. The Bertz CT molecular complexity index is 641. The first-order chi connectivity index (χ1) is 12.1. The maximum Gasteiger partial charge on any atom is 0.498 e. The fourth-order valence-corrected chi connectivity index (χ4v) is 3.25. The molecule has 2 fully saturated rings. The van der Waals surface area contributed by atoms with Gasteiger partial charge in [0.2, 0.25) is 0 Å². The first-order valence-corrected chi connectivity index (χ1v) is 9.12. The Hall–Kier alpha value is -1.22. The number of aromatic nitrogens is 1. The quantitative estimate of drug-likeness (QED) is 0.750. The highest BCUT2D eigenvalue weighted by Crippen LogP contribution is 2.37. The molecule has 0 saturated carbocycles. The number of hydrogen-bond donors (Lipinski definition) is 0. The van der Waals surface area contributed by atoms with Gasteiger partial charge in [-0.15, -0.1) is 0 Å². The minimum absolute atomic E-state index is 0.0282. The number of hydrogen-bond acceptors (Lipinski definition) is 6. The van der Waals surface area contributed by atoms with Crippen molar-refractivity contribution in [2.75, 3.05) is 45.2 Å². The van der Waals surface area contributed by atoms with E-state index in [9.17, 15) is 0 Å². The summed E-state index contributed by atoms with van der Waals surface area (Å²) in [6.45, 7) is 10.4. The van der Waals surface area contributed by atoms with Crippen molar-refractivity contribution in [1.29, 1.82) is 0 Å². The Morgan fingerprint density at radius 3 is 2.54 bits per heavy atom. The van der Waals surface area contributed by atoms with Crippen LogP contribution < -0.4 is 10.4 Å². The van der Waals surface area contributed by atoms with Crippen LogP contribution in [0.4, 0.5) is 10.2 Å². The minimum Gasteiger partial charge on any atom is -0.399 e. The van der Waals surface area contributed by atoms with Crippen LogP contribution in [-0.4, -0.2) is 74.6 Å². The SMILES string of the molecule is CN(C)C[C@@H]1CN(c2nccc(B3OC(C)(C)C(C)(C)O3)c2F)CCO1. The number of pyridine rings is 1. The van der Waals surface area contributed by atoms with Gasteiger partial charge in [0, 0.05) is 31.3 Å². The Labute approximate surface area is 155 Å². The predicted octanol–water partition coefficient (Wildman–Crippen LogP) is 1.29. The molecule has 1 aromatic heterocycles. The zero-order valence-electron chi connectivity index (χ0n) is 16.6. The summed E-state index contributed by atoms with van der Waals surface area (Å²) in [6.07, 6.45) is 1.65. The molecule has 8 heteroatoms. The lowest BCUT2D eigenvalue weighted by Crippen LogP contribution is -2.48. The van der Waals surface area contributed by atoms with Crippen LogP contribution >= 0.6 is 0 Å². The van der Waals surface area contributed by atoms with Crippen LogP contribution in [0, 0.1) is 5.82 Å². The molecular formula is C18H29BFN3O3. The standard InChI is InChI=1S/C18H29BFN3O3/c1-17(2)18(3,4)26-19(25-17)14-7-8-21-16(15(14)20)23-9-10-24-13(12-23)11-22(5)6/h7-8,13H,9-12H2,1-6H3/t13-/m1/s1. The summed E-state index contributed by atoms with van der Waals surface area (Å²) in [4.78, 5) is 8.31. The minimum atomic E-state index is -0.736. The molecular weight excluding hydrogens is 336 g/mol. The molecule has 0 N–H and O–H groups in total. The highest BCUT2D eigenvalue weighted by molar-refractivity contribution is 6.62. The van der Waals surface area contributed by atoms with E-state index in [-0.39, 0.29) is 11.9 Å². The normalized spacial score (nSPS) is 25.2. The average molecular weight is 365 g/mol. The van der Waals surface area contributed by atoms with Gasteiger partial charge in [-0.1, -0.05) is 0 Å². The maximum atomic E-state index is 15.3. The largest absolute Gasteiger partial charge is 0.498 e. The lowest BCUT2D eigenvalue weighted by atomic mass is 9.79. The van der Waals surface area contributed by atoms with E-state index in [2.05, 4.69) is 9.88 Å². The summed E-state index contributed by atoms with van der Waals surface area (Å²) < 4.78 is 33.1. The van der Waals surface area contributed by atoms with E-state index in [1.807, 2.05) is 46.7 Å². The molecule has 3 heterocycles. The maximum absolute atomic E-state index is 15.3. The molecule has 0 aliphatic carbocycles. The van der Waals surface area contributed by atoms with Gasteiger partial charge in [0.25, 0.3) is 0 Å². The van der Waals surface area contributed by atoms with Crippen molar-refractivity contribution in [1.82, 2.24) is 9.88 Å². The molecule has 2 aliphatic heterocycles. The van der Waals surface area contributed by atoms with Crippen molar-refractivity contribution in [2.45, 2.75) is 45.0 Å². The number of ether oxygens (including phenoxy) is 1. The lowest BCUT2D eigenvalue weighted by Gasteiger charge is -2.35. The number of nitrogens with zero attached hydrogens (tertiary/aromatic N) is 3. The van der Waals surface area contributed by atoms with Crippen LogP contribution in [0.1, 0.15) is 27.7 Å². The van der Waals surface area contributed by atoms with E-state index in [0.717, 1.165) is 6.54 Å². The third-order valence-corrected chi connectivity index (χ3v) is 5.41. The Morgan fingerprint density at radius 2 is 1.92 bits per heavy atom. The van der Waals surface area contributed by atoms with E-state index in [4.69, 9.17) is 14.0 Å². The smallest absolute Gasteiger partial charge is 0.399 e. The van der Waals surface area contributed by atoms with Crippen molar-refractivity contribution >= 4 is 18.4 Å². The number of morpholine rings is 1. The van der Waals surface area contributed by atoms with Crippen LogP contribution in [0.2, 0.25) is 0 Å². The van der Waals surface area contributed by atoms with E-state index in [1.165, 1.54) is 0 Å². The zero-order valence-corrected chi connectivity index (χ0v) is 16.6. The summed E-state index contributed by atoms with van der Waals surface area (Å²) in [5, 5.41) is 0. The number of rotatable bonds is 4. The Morgan fingerprint density at radius 1 is 1.27 bits per heavy atom. The van der Waals surface area contributed by atoms with Crippen molar-refractivity contribution in [3.8, 4) is 0 Å². The highest BCUT2D eigenvalue weighted by atomic mass is 19.1. The van der Waals surface area contributed by atoms with Crippen LogP contribution in [0.25, 0.3) is 0 Å². The molecule has 6 nitrogen and oxygen atoms in total. The number of anilines is 1. The first kappa shape index (κ1) is 19.5. The molecule has 2 aliphatic rings. The molecule has 3 rings (SSSR count). The fourth-order valence-electron chi connectivity index (χ4n) is 3.25. The summed E-state index contributed by atoms with van der Waals surface area (Å²) in [6, 6.07) is 1.64. The van der Waals surface area contributed by atoms with Crippen LogP contribution in [0.3, 0.4) is 0 Å². The summed E-state index contributed by atoms with van der Waals surface area (Å²) >= 11 is 0. The van der Waals surface area contributed by atoms with E-state index >= 15 is 4.39 Å². The van der Waals surface area contributed by atoms with Gasteiger partial charge in [0.1, 0.15) is 0 Å². The van der Waals surface area contributed by atoms with Crippen LogP contribution in [0.15, 0.2) is 12.3 Å². The highest BCUT2D eigenvalue weighted by Gasteiger charge is 2.52. The third kappa shape index (κ3) is 3.74. The molecule has 0 radical (unpaired) electrons. The van der Waals surface area contributed by atoms with Gasteiger partial charge in [-0.3, -0.25) is 0 Å². The summed E-state index contributed by atoms with van der Waals surface area (Å²) in [5.41, 5.74) is -0.628. The Balaban J connectivity index is 1.82. The van der Waals surface area contributed by atoms with E-state index in [1.54, 1.807) is 12.3 Å². The molecule has 0 aromatic carbocycles. The summed E-state index contributed by atoms with van der Waals surface area (Å²) in [7, 11) is 3.26. The van der Waals surface area contributed by atoms with Crippen LogP contribution in [-0.2, 0) is 14.0 Å². The fraction of sp³-hybridized carbons (Fsp3) is 0.722. The van der Waals surface area contributed by atoms with Crippen molar-refractivity contribution < 1.29 is 18.4 Å². The van der Waals surface area contributed by atoms with Gasteiger partial charge in [-0.2, -0.15) is 0 Å². The van der Waals surface area contributed by atoms with Crippen molar-refractivity contribution in [2.24, 2.45) is 0 Å². The molecule has 26 heavy (non-hydrogen) atoms. The predicted molar refractivity (Wildman–Crippen MR) is 100 cm³/mol. The van der Waals surface area contributed by atoms with Crippen molar-refractivity contribution in [3.63, 3.8) is 0 Å². The van der Waals surface area contributed by atoms with Gasteiger partial charge in [-0.05, 0) is 47.9 Å². The van der Waals surface area contributed by atoms with E-state index < -0.39 is 18.3 Å². The molecule has 144 valence electrons. The monoisotopic (exact) mass is 365 g/mol. The van der Waals surface area contributed by atoms with Gasteiger partial charge in [0.05, 0.1) is 23.9 Å². The molecule has 0 unspecified atom stereocenters. The van der Waals surface area contributed by atoms with Crippen LogP contribution in [0.5, 0.6) is 0 Å². The van der Waals surface area contributed by atoms with Gasteiger partial charge in [0.15, 0.2) is 11.6 Å². The average Bonchev–Trinajstić information content (AvgIpc) is 2.75. The van der Waals surface area contributed by atoms with E-state index in [0.29, 0.717) is 31.0 Å². The lowest BCUT2D eigenvalue weighted by molar-refractivity contribution is 0.00578. The third-order valence-electron chi connectivity index (χ3n) is 5.41. The topological polar surface area (TPSA) is 47.1 Å². The van der Waals surface area contributed by atoms with Crippen molar-refractivity contribution in [3.05, 3.63) is 18.1 Å². The van der Waals surface area contributed by atoms with Gasteiger partial charge >= 0.3 is 7.12 Å². The second-order valence-corrected chi connectivity index (χ2v) is 8.33. The summed E-state index contributed by atoms with van der Waals surface area (Å²) in [5.74, 6) is -0.0410. The second kappa shape index (κ2) is 7.07. The molecule has 1 aromatic rings. The first-order valence-electron chi connectivity index (χ1n) is 9.12.